The van der Waals surface area contributed by atoms with Crippen LogP contribution >= 0.6 is 22.6 Å². The van der Waals surface area contributed by atoms with Gasteiger partial charge >= 0.3 is 5.97 Å². The van der Waals surface area contributed by atoms with E-state index in [2.05, 4.69) is 58.5 Å². The van der Waals surface area contributed by atoms with E-state index in [1.165, 1.54) is 18.2 Å². The number of hydrogen-bond acceptors (Lipinski definition) is 2. The van der Waals surface area contributed by atoms with Gasteiger partial charge in [0.25, 0.3) is 0 Å². The molecule has 0 heterocycles. The van der Waals surface area contributed by atoms with Gasteiger partial charge in [-0.2, -0.15) is 0 Å². The molecule has 0 aliphatic rings. The first kappa shape index (κ1) is 13.5. The number of esters is 1. The van der Waals surface area contributed by atoms with Crippen LogP contribution < -0.4 is 0 Å². The Morgan fingerprint density at radius 3 is 2.88 bits per heavy atom. The Balaban J connectivity index is 2.33. The maximum atomic E-state index is 11.2. The van der Waals surface area contributed by atoms with Crippen LogP contribution in [0.1, 0.15) is 24.0 Å². The Labute approximate surface area is 111 Å². The summed E-state index contributed by atoms with van der Waals surface area (Å²) >= 11 is 2.14. The van der Waals surface area contributed by atoms with E-state index in [1.54, 1.807) is 0 Å². The van der Waals surface area contributed by atoms with Crippen molar-refractivity contribution in [3.8, 4) is 0 Å². The highest BCUT2D eigenvalue weighted by Crippen LogP contribution is 2.14. The van der Waals surface area contributed by atoms with Crippen LogP contribution in [0.2, 0.25) is 0 Å². The molecule has 0 N–H and O–H groups in total. The molecule has 1 unspecified atom stereocenters. The molecule has 2 nitrogen and oxygen atoms in total. The zero-order valence-corrected chi connectivity index (χ0v) is 11.9. The Bertz CT molecular complexity index is 350. The number of alkyl halides is 1. The largest absolute Gasteiger partial charge is 0.468 e. The fourth-order valence-corrected chi connectivity index (χ4v) is 2.29. The Morgan fingerprint density at radius 1 is 1.50 bits per heavy atom. The van der Waals surface area contributed by atoms with Gasteiger partial charge in [0.05, 0.1) is 7.11 Å². The van der Waals surface area contributed by atoms with Crippen molar-refractivity contribution in [1.29, 1.82) is 0 Å². The molecular formula is C13H17IO2. The predicted octanol–water partition coefficient (Wildman–Crippen LogP) is 3.29. The summed E-state index contributed by atoms with van der Waals surface area (Å²) in [4.78, 5) is 11.2. The average Bonchev–Trinajstić information content (AvgIpc) is 2.28. The van der Waals surface area contributed by atoms with E-state index in [1.807, 2.05) is 0 Å². The molecule has 3 heteroatoms. The van der Waals surface area contributed by atoms with E-state index in [0.29, 0.717) is 0 Å². The van der Waals surface area contributed by atoms with E-state index in [9.17, 15) is 4.79 Å². The van der Waals surface area contributed by atoms with E-state index in [-0.39, 0.29) is 9.89 Å². The number of aryl methyl sites for hydroxylation is 2. The third-order valence-electron chi connectivity index (χ3n) is 2.46. The van der Waals surface area contributed by atoms with Crippen molar-refractivity contribution in [3.05, 3.63) is 35.4 Å². The smallest absolute Gasteiger partial charge is 0.318 e. The highest BCUT2D eigenvalue weighted by atomic mass is 127. The third-order valence-corrected chi connectivity index (χ3v) is 3.59. The number of halogens is 1. The van der Waals surface area contributed by atoms with Crippen molar-refractivity contribution in [2.24, 2.45) is 0 Å². The molecule has 1 rings (SSSR count). The number of methoxy groups -OCH3 is 1. The fraction of sp³-hybridized carbons (Fsp3) is 0.462. The molecule has 1 atom stereocenters. The molecule has 16 heavy (non-hydrogen) atoms. The molecule has 0 amide bonds. The molecule has 0 fully saturated rings. The minimum absolute atomic E-state index is 0.0209. The van der Waals surface area contributed by atoms with Crippen LogP contribution in [0.15, 0.2) is 24.3 Å². The summed E-state index contributed by atoms with van der Waals surface area (Å²) in [6.45, 7) is 2.10. The number of carbonyl (C=O) groups excluding carboxylic acids is 1. The fourth-order valence-electron chi connectivity index (χ4n) is 1.60. The minimum atomic E-state index is -0.121. The molecule has 0 aliphatic heterocycles. The minimum Gasteiger partial charge on any atom is -0.468 e. The van der Waals surface area contributed by atoms with Crippen LogP contribution in [-0.4, -0.2) is 17.0 Å². The van der Waals surface area contributed by atoms with Crippen LogP contribution in [0.4, 0.5) is 0 Å². The van der Waals surface area contributed by atoms with Gasteiger partial charge in [0, 0.05) is 0 Å². The summed E-state index contributed by atoms with van der Waals surface area (Å²) in [6.07, 6.45) is 2.92. The second-order valence-electron chi connectivity index (χ2n) is 3.87. The molecule has 0 saturated carbocycles. The Kier molecular flexibility index (Phi) is 5.80. The highest BCUT2D eigenvalue weighted by molar-refractivity contribution is 14.1. The number of benzene rings is 1. The lowest BCUT2D eigenvalue weighted by atomic mass is 10.1. The monoisotopic (exact) mass is 332 g/mol. The van der Waals surface area contributed by atoms with Gasteiger partial charge in [-0.1, -0.05) is 52.4 Å². The van der Waals surface area contributed by atoms with Crippen LogP contribution in [0, 0.1) is 6.92 Å². The first-order chi connectivity index (χ1) is 7.63. The van der Waals surface area contributed by atoms with Crippen molar-refractivity contribution < 1.29 is 9.53 Å². The molecular weight excluding hydrogens is 315 g/mol. The zero-order valence-electron chi connectivity index (χ0n) is 9.70. The SMILES string of the molecule is COC(=O)C(I)CCCc1cccc(C)c1. The van der Waals surface area contributed by atoms with Gasteiger partial charge in [-0.3, -0.25) is 4.79 Å². The van der Waals surface area contributed by atoms with Gasteiger partial charge in [0.2, 0.25) is 0 Å². The third kappa shape index (κ3) is 4.51. The van der Waals surface area contributed by atoms with E-state index < -0.39 is 0 Å². The van der Waals surface area contributed by atoms with E-state index in [4.69, 9.17) is 0 Å². The van der Waals surface area contributed by atoms with Gasteiger partial charge in [-0.25, -0.2) is 0 Å². The van der Waals surface area contributed by atoms with Gasteiger partial charge in [-0.15, -0.1) is 0 Å². The summed E-state index contributed by atoms with van der Waals surface area (Å²) in [5.41, 5.74) is 2.63. The van der Waals surface area contributed by atoms with Crippen LogP contribution in [-0.2, 0) is 16.0 Å². The summed E-state index contributed by atoms with van der Waals surface area (Å²) in [5.74, 6) is -0.121. The van der Waals surface area contributed by atoms with Crippen LogP contribution in [0.3, 0.4) is 0 Å². The molecule has 88 valence electrons. The highest BCUT2D eigenvalue weighted by Gasteiger charge is 2.13. The van der Waals surface area contributed by atoms with Gasteiger partial charge in [0.1, 0.15) is 3.92 Å². The number of hydrogen-bond donors (Lipinski definition) is 0. The van der Waals surface area contributed by atoms with Crippen LogP contribution in [0.25, 0.3) is 0 Å². The van der Waals surface area contributed by atoms with Crippen molar-refractivity contribution in [2.75, 3.05) is 7.11 Å². The van der Waals surface area contributed by atoms with Gasteiger partial charge in [0.15, 0.2) is 0 Å². The quantitative estimate of drug-likeness (QED) is 0.470. The first-order valence-electron chi connectivity index (χ1n) is 5.41. The lowest BCUT2D eigenvalue weighted by molar-refractivity contribution is -0.139. The number of carbonyl (C=O) groups is 1. The Morgan fingerprint density at radius 2 is 2.25 bits per heavy atom. The van der Waals surface area contributed by atoms with Crippen molar-refractivity contribution >= 4 is 28.6 Å². The molecule has 0 aliphatic carbocycles. The van der Waals surface area contributed by atoms with Gasteiger partial charge in [-0.05, 0) is 31.7 Å². The maximum absolute atomic E-state index is 11.2. The molecule has 0 radical (unpaired) electrons. The molecule has 1 aromatic rings. The summed E-state index contributed by atoms with van der Waals surface area (Å²) < 4.78 is 4.67. The molecule has 0 aromatic heterocycles. The second kappa shape index (κ2) is 6.89. The summed E-state index contributed by atoms with van der Waals surface area (Å²) in [5, 5.41) is 0. The predicted molar refractivity (Wildman–Crippen MR) is 73.9 cm³/mol. The maximum Gasteiger partial charge on any atom is 0.318 e. The zero-order chi connectivity index (χ0) is 12.0. The van der Waals surface area contributed by atoms with Crippen molar-refractivity contribution in [2.45, 2.75) is 30.1 Å². The van der Waals surface area contributed by atoms with Crippen LogP contribution in [0.5, 0.6) is 0 Å². The summed E-state index contributed by atoms with van der Waals surface area (Å²) in [7, 11) is 1.44. The normalized spacial score (nSPS) is 12.2. The van der Waals surface area contributed by atoms with E-state index in [0.717, 1.165) is 19.3 Å². The Hall–Kier alpha value is -0.580. The molecule has 0 saturated heterocycles. The number of ether oxygens (including phenoxy) is 1. The molecule has 1 aromatic carbocycles. The first-order valence-corrected chi connectivity index (χ1v) is 6.65. The lowest BCUT2D eigenvalue weighted by Gasteiger charge is -2.07. The molecule has 0 spiro atoms. The average molecular weight is 332 g/mol. The standard InChI is InChI=1S/C13H17IO2/c1-10-5-3-6-11(9-10)7-4-8-12(14)13(15)16-2/h3,5-6,9,12H,4,7-8H2,1-2H3. The van der Waals surface area contributed by atoms with E-state index >= 15 is 0 Å². The topological polar surface area (TPSA) is 26.3 Å². The number of rotatable bonds is 5. The van der Waals surface area contributed by atoms with Crippen molar-refractivity contribution in [1.82, 2.24) is 0 Å². The molecule has 0 bridgehead atoms. The van der Waals surface area contributed by atoms with Crippen molar-refractivity contribution in [3.63, 3.8) is 0 Å². The van der Waals surface area contributed by atoms with Gasteiger partial charge < -0.3 is 4.74 Å². The lowest BCUT2D eigenvalue weighted by Crippen LogP contribution is -2.15. The second-order valence-corrected chi connectivity index (χ2v) is 5.38. The summed E-state index contributed by atoms with van der Waals surface area (Å²) in [6, 6.07) is 8.50.